The molecule has 20 heavy (non-hydrogen) atoms. The molecule has 0 unspecified atom stereocenters. The lowest BCUT2D eigenvalue weighted by Gasteiger charge is -2.12. The quantitative estimate of drug-likeness (QED) is 0.262. The number of hydrogen-bond acceptors (Lipinski definition) is 3. The molecule has 0 saturated heterocycles. The van der Waals surface area contributed by atoms with E-state index in [1.54, 1.807) is 7.11 Å². The van der Waals surface area contributed by atoms with Gasteiger partial charge < -0.3 is 20.1 Å². The highest BCUT2D eigenvalue weighted by atomic mass is 127. The van der Waals surface area contributed by atoms with Crippen molar-refractivity contribution in [2.24, 2.45) is 4.99 Å². The molecule has 0 radical (unpaired) electrons. The summed E-state index contributed by atoms with van der Waals surface area (Å²) in [7, 11) is 3.11. The maximum Gasteiger partial charge on any atom is 0.390 e. The highest BCUT2D eigenvalue weighted by molar-refractivity contribution is 14.0. The molecule has 0 aromatic carbocycles. The van der Waals surface area contributed by atoms with Gasteiger partial charge in [-0.15, -0.1) is 24.0 Å². The fourth-order valence-electron chi connectivity index (χ4n) is 1.17. The number of halogens is 4. The van der Waals surface area contributed by atoms with Gasteiger partial charge in [0.2, 0.25) is 0 Å². The highest BCUT2D eigenvalue weighted by Crippen LogP contribution is 2.17. The van der Waals surface area contributed by atoms with Crippen molar-refractivity contribution in [2.45, 2.75) is 19.0 Å². The number of methoxy groups -OCH3 is 1. The Balaban J connectivity index is 0. The number of ether oxygens (including phenoxy) is 2. The molecule has 0 aromatic rings. The summed E-state index contributed by atoms with van der Waals surface area (Å²) in [5, 5.41) is 5.50. The first-order valence-corrected chi connectivity index (χ1v) is 6.07. The number of guanidine groups is 1. The average molecular weight is 413 g/mol. The van der Waals surface area contributed by atoms with E-state index in [9.17, 15) is 13.2 Å². The molecule has 5 nitrogen and oxygen atoms in total. The Morgan fingerprint density at radius 1 is 1.10 bits per heavy atom. The van der Waals surface area contributed by atoms with E-state index in [-0.39, 0.29) is 30.5 Å². The molecule has 0 saturated carbocycles. The van der Waals surface area contributed by atoms with Crippen molar-refractivity contribution in [1.29, 1.82) is 0 Å². The molecule has 0 fully saturated rings. The summed E-state index contributed by atoms with van der Waals surface area (Å²) in [6.07, 6.45) is -4.29. The second kappa shape index (κ2) is 13.7. The van der Waals surface area contributed by atoms with Gasteiger partial charge in [-0.1, -0.05) is 0 Å². The zero-order valence-corrected chi connectivity index (χ0v) is 14.1. The summed E-state index contributed by atoms with van der Waals surface area (Å²) in [6.45, 7) is 2.05. The number of aliphatic imine (C=N–C) groups is 1. The number of nitrogens with zero attached hydrogens (tertiary/aromatic N) is 1. The van der Waals surface area contributed by atoms with Crippen molar-refractivity contribution < 1.29 is 22.6 Å². The number of alkyl halides is 3. The van der Waals surface area contributed by atoms with Crippen LogP contribution in [-0.2, 0) is 9.47 Å². The Labute approximate surface area is 134 Å². The summed E-state index contributed by atoms with van der Waals surface area (Å²) in [4.78, 5) is 3.82. The molecule has 122 valence electrons. The van der Waals surface area contributed by atoms with Crippen molar-refractivity contribution >= 4 is 29.9 Å². The van der Waals surface area contributed by atoms with E-state index >= 15 is 0 Å². The van der Waals surface area contributed by atoms with Crippen molar-refractivity contribution in [1.82, 2.24) is 10.6 Å². The molecule has 0 aliphatic carbocycles. The van der Waals surface area contributed by atoms with E-state index < -0.39 is 12.6 Å². The first-order valence-electron chi connectivity index (χ1n) is 6.07. The maximum absolute atomic E-state index is 11.9. The van der Waals surface area contributed by atoms with Gasteiger partial charge in [0.1, 0.15) is 0 Å². The third-order valence-electron chi connectivity index (χ3n) is 2.11. The van der Waals surface area contributed by atoms with E-state index in [1.165, 1.54) is 7.05 Å². The van der Waals surface area contributed by atoms with Gasteiger partial charge in [0.15, 0.2) is 5.96 Å². The monoisotopic (exact) mass is 413 g/mol. The van der Waals surface area contributed by atoms with E-state index in [2.05, 4.69) is 15.6 Å². The summed E-state index contributed by atoms with van der Waals surface area (Å²) < 4.78 is 45.9. The lowest BCUT2D eigenvalue weighted by Crippen LogP contribution is -2.39. The molecule has 0 aliphatic heterocycles. The first kappa shape index (κ1) is 22.0. The predicted octanol–water partition coefficient (Wildman–Crippen LogP) is 1.77. The van der Waals surface area contributed by atoms with Gasteiger partial charge >= 0.3 is 6.18 Å². The maximum atomic E-state index is 11.9. The second-order valence-corrected chi connectivity index (χ2v) is 3.75. The lowest BCUT2D eigenvalue weighted by molar-refractivity contribution is -0.132. The summed E-state index contributed by atoms with van der Waals surface area (Å²) in [5.74, 6) is 0.362. The first-order chi connectivity index (χ1) is 8.99. The summed E-state index contributed by atoms with van der Waals surface area (Å²) >= 11 is 0. The molecule has 0 rings (SSSR count). The summed E-state index contributed by atoms with van der Waals surface area (Å²) in [6, 6.07) is 0. The van der Waals surface area contributed by atoms with Gasteiger partial charge in [-0.2, -0.15) is 13.2 Å². The lowest BCUT2D eigenvalue weighted by atomic mass is 10.4. The minimum absolute atomic E-state index is 0. The van der Waals surface area contributed by atoms with Crippen LogP contribution in [0.3, 0.4) is 0 Å². The smallest absolute Gasteiger partial charge is 0.382 e. The zero-order valence-electron chi connectivity index (χ0n) is 11.8. The second-order valence-electron chi connectivity index (χ2n) is 3.75. The van der Waals surface area contributed by atoms with Crippen LogP contribution in [0.2, 0.25) is 0 Å². The molecule has 0 aliphatic rings. The van der Waals surface area contributed by atoms with Crippen LogP contribution in [0.1, 0.15) is 12.8 Å². The molecular weight excluding hydrogens is 390 g/mol. The highest BCUT2D eigenvalue weighted by Gasteiger charge is 2.26. The van der Waals surface area contributed by atoms with Crippen molar-refractivity contribution in [3.8, 4) is 0 Å². The summed E-state index contributed by atoms with van der Waals surface area (Å²) in [5.41, 5.74) is 0. The van der Waals surface area contributed by atoms with Gasteiger partial charge in [0.05, 0.1) is 19.6 Å². The fourth-order valence-corrected chi connectivity index (χ4v) is 1.17. The van der Waals surface area contributed by atoms with Crippen LogP contribution in [0.25, 0.3) is 0 Å². The standard InChI is InChI=1S/C11H22F3N3O2.HI/c1-15-10(17-6-4-11(12,13)14)16-5-3-7-19-9-8-18-2;/h3-9H2,1-2H3,(H2,15,16,17);1H. The van der Waals surface area contributed by atoms with Crippen LogP contribution in [0.15, 0.2) is 4.99 Å². The van der Waals surface area contributed by atoms with Crippen LogP contribution in [-0.4, -0.2) is 59.2 Å². The van der Waals surface area contributed by atoms with E-state index in [4.69, 9.17) is 9.47 Å². The topological polar surface area (TPSA) is 54.9 Å². The SMILES string of the molecule is CN=C(NCCCOCCOC)NCCC(F)(F)F.I. The van der Waals surface area contributed by atoms with Crippen LogP contribution < -0.4 is 10.6 Å². The number of nitrogens with one attached hydrogen (secondary N) is 2. The fraction of sp³-hybridized carbons (Fsp3) is 0.909. The molecular formula is C11H23F3IN3O2. The Kier molecular flexibility index (Phi) is 15.0. The Hall–Kier alpha value is -0.290. The molecule has 2 N–H and O–H groups in total. The van der Waals surface area contributed by atoms with Crippen molar-refractivity contribution in [2.75, 3.05) is 47.1 Å². The Morgan fingerprint density at radius 3 is 2.30 bits per heavy atom. The zero-order chi connectivity index (χ0) is 14.6. The molecule has 0 atom stereocenters. The van der Waals surface area contributed by atoms with Gasteiger partial charge in [-0.25, -0.2) is 0 Å². The predicted molar refractivity (Wildman–Crippen MR) is 82.8 cm³/mol. The van der Waals surface area contributed by atoms with Crippen LogP contribution in [0.4, 0.5) is 13.2 Å². The van der Waals surface area contributed by atoms with Crippen molar-refractivity contribution in [3.05, 3.63) is 0 Å². The third kappa shape index (κ3) is 15.8. The average Bonchev–Trinajstić information content (AvgIpc) is 2.34. The molecule has 0 bridgehead atoms. The van der Waals surface area contributed by atoms with Crippen LogP contribution >= 0.6 is 24.0 Å². The van der Waals surface area contributed by atoms with Gasteiger partial charge in [-0.05, 0) is 6.42 Å². The number of hydrogen-bond donors (Lipinski definition) is 2. The molecule has 0 amide bonds. The van der Waals surface area contributed by atoms with Crippen LogP contribution in [0, 0.1) is 0 Å². The van der Waals surface area contributed by atoms with Gasteiger partial charge in [0, 0.05) is 33.9 Å². The van der Waals surface area contributed by atoms with E-state index in [0.717, 1.165) is 6.42 Å². The third-order valence-corrected chi connectivity index (χ3v) is 2.11. The number of rotatable bonds is 9. The van der Waals surface area contributed by atoms with Gasteiger partial charge in [0.25, 0.3) is 0 Å². The Morgan fingerprint density at radius 2 is 1.75 bits per heavy atom. The normalized spacial score (nSPS) is 11.9. The largest absolute Gasteiger partial charge is 0.390 e. The van der Waals surface area contributed by atoms with Crippen LogP contribution in [0.5, 0.6) is 0 Å². The van der Waals surface area contributed by atoms with E-state index in [1.807, 2.05) is 0 Å². The van der Waals surface area contributed by atoms with Crippen molar-refractivity contribution in [3.63, 3.8) is 0 Å². The van der Waals surface area contributed by atoms with Gasteiger partial charge in [-0.3, -0.25) is 4.99 Å². The molecule has 0 heterocycles. The molecule has 9 heteroatoms. The Bertz CT molecular complexity index is 254. The minimum Gasteiger partial charge on any atom is -0.382 e. The minimum atomic E-state index is -4.15. The molecule has 0 aromatic heterocycles. The van der Waals surface area contributed by atoms with E-state index in [0.29, 0.717) is 32.3 Å². The molecule has 0 spiro atoms.